The number of quaternary nitrogens is 1. The van der Waals surface area contributed by atoms with Gasteiger partial charge < -0.3 is 26.6 Å². The molecular formula is C9H20BrNO2. The molecule has 0 radical (unpaired) electrons. The van der Waals surface area contributed by atoms with Crippen molar-refractivity contribution in [2.45, 2.75) is 13.8 Å². The number of nitrogens with zero attached hydrogens (tertiary/aromatic N) is 1. The molecule has 1 N–H and O–H groups in total. The van der Waals surface area contributed by atoms with Crippen molar-refractivity contribution in [3.63, 3.8) is 0 Å². The molecular weight excluding hydrogens is 234 g/mol. The van der Waals surface area contributed by atoms with E-state index in [1.54, 1.807) is 0 Å². The number of carbonyl (C=O) groups is 1. The first-order valence-corrected chi connectivity index (χ1v) is 4.07. The monoisotopic (exact) mass is 253 g/mol. The van der Waals surface area contributed by atoms with Crippen LogP contribution < -0.4 is 17.0 Å². The third-order valence-corrected chi connectivity index (χ3v) is 1.89. The van der Waals surface area contributed by atoms with Gasteiger partial charge in [0, 0.05) is 6.08 Å². The molecule has 0 aromatic carbocycles. The molecule has 0 saturated heterocycles. The van der Waals surface area contributed by atoms with E-state index < -0.39 is 5.97 Å². The molecule has 0 aromatic rings. The number of carboxylic acid groups (broad SMARTS) is 1. The molecule has 0 bridgehead atoms. The molecule has 13 heavy (non-hydrogen) atoms. The summed E-state index contributed by atoms with van der Waals surface area (Å²) in [6, 6.07) is 0. The van der Waals surface area contributed by atoms with Gasteiger partial charge in [-0.15, -0.1) is 0 Å². The summed E-state index contributed by atoms with van der Waals surface area (Å²) in [6.07, 6.45) is 0.833. The van der Waals surface area contributed by atoms with Crippen molar-refractivity contribution in [2.75, 3.05) is 27.2 Å². The van der Waals surface area contributed by atoms with Crippen LogP contribution in [-0.2, 0) is 4.79 Å². The number of hydrogen-bond acceptors (Lipinski definition) is 1. The Morgan fingerprint density at radius 3 is 1.62 bits per heavy atom. The Kier molecular flexibility index (Phi) is 13.8. The third kappa shape index (κ3) is 18.5. The van der Waals surface area contributed by atoms with Gasteiger partial charge in [-0.05, 0) is 13.8 Å². The lowest BCUT2D eigenvalue weighted by atomic mass is 10.5. The van der Waals surface area contributed by atoms with Crippen LogP contribution in [0.5, 0.6) is 0 Å². The fourth-order valence-electron chi connectivity index (χ4n) is 0.224. The maximum absolute atomic E-state index is 9.25. The molecule has 80 valence electrons. The normalized spacial score (nSPS) is 8.92. The van der Waals surface area contributed by atoms with Crippen molar-refractivity contribution >= 4 is 5.97 Å². The minimum atomic E-state index is -0.981. The van der Waals surface area contributed by atoms with Gasteiger partial charge in [-0.25, -0.2) is 4.79 Å². The van der Waals surface area contributed by atoms with Crippen molar-refractivity contribution < 1.29 is 31.4 Å². The Morgan fingerprint density at radius 1 is 1.38 bits per heavy atom. The van der Waals surface area contributed by atoms with Gasteiger partial charge in [0.1, 0.15) is 0 Å². The second-order valence-corrected chi connectivity index (χ2v) is 3.11. The summed E-state index contributed by atoms with van der Waals surface area (Å²) in [4.78, 5) is 9.25. The third-order valence-electron chi connectivity index (χ3n) is 1.89. The standard InChI is InChI=1S/C6H16N.C3H4O2.BrH/c1-5-7(3,4)6-2;1-2-3(4)5;/h5-6H2,1-4H3;2H,1H2,(H,4,5);1H/q+1;;/p-1. The predicted molar refractivity (Wildman–Crippen MR) is 51.0 cm³/mol. The number of hydrogen-bond donors (Lipinski definition) is 1. The van der Waals surface area contributed by atoms with Crippen molar-refractivity contribution in [3.05, 3.63) is 12.7 Å². The molecule has 0 aliphatic carbocycles. The number of carboxylic acids is 1. The topological polar surface area (TPSA) is 37.3 Å². The second kappa shape index (κ2) is 9.74. The van der Waals surface area contributed by atoms with E-state index in [2.05, 4.69) is 34.5 Å². The molecule has 0 aliphatic rings. The largest absolute Gasteiger partial charge is 1.00 e. The van der Waals surface area contributed by atoms with Crippen LogP contribution in [0, 0.1) is 0 Å². The second-order valence-electron chi connectivity index (χ2n) is 3.11. The van der Waals surface area contributed by atoms with Crippen molar-refractivity contribution in [1.29, 1.82) is 0 Å². The molecule has 3 nitrogen and oxygen atoms in total. The van der Waals surface area contributed by atoms with Gasteiger partial charge in [-0.3, -0.25) is 0 Å². The zero-order valence-electron chi connectivity index (χ0n) is 8.88. The highest BCUT2D eigenvalue weighted by Crippen LogP contribution is 1.91. The van der Waals surface area contributed by atoms with E-state index in [0.717, 1.165) is 10.6 Å². The minimum Gasteiger partial charge on any atom is -1.00 e. The Morgan fingerprint density at radius 2 is 1.62 bits per heavy atom. The van der Waals surface area contributed by atoms with Crippen LogP contribution in [0.25, 0.3) is 0 Å². The molecule has 0 spiro atoms. The van der Waals surface area contributed by atoms with E-state index in [1.165, 1.54) is 13.1 Å². The summed E-state index contributed by atoms with van der Waals surface area (Å²) in [7, 11) is 4.47. The smallest absolute Gasteiger partial charge is 0.327 e. The molecule has 0 unspecified atom stereocenters. The Bertz CT molecular complexity index is 141. The van der Waals surface area contributed by atoms with Crippen LogP contribution in [0.1, 0.15) is 13.8 Å². The highest BCUT2D eigenvalue weighted by molar-refractivity contribution is 5.78. The average Bonchev–Trinajstić information content (AvgIpc) is 2.05. The molecule has 0 fully saturated rings. The van der Waals surface area contributed by atoms with E-state index in [1.807, 2.05) is 0 Å². The van der Waals surface area contributed by atoms with Crippen LogP contribution in [0.2, 0.25) is 0 Å². The Balaban J connectivity index is -0.000000150. The highest BCUT2D eigenvalue weighted by atomic mass is 79.9. The summed E-state index contributed by atoms with van der Waals surface area (Å²) in [5.41, 5.74) is 0. The van der Waals surface area contributed by atoms with E-state index in [4.69, 9.17) is 5.11 Å². The minimum absolute atomic E-state index is 0. The number of halogens is 1. The van der Waals surface area contributed by atoms with E-state index in [9.17, 15) is 4.79 Å². The summed E-state index contributed by atoms with van der Waals surface area (Å²) in [6.45, 7) is 9.85. The maximum atomic E-state index is 9.25. The summed E-state index contributed by atoms with van der Waals surface area (Å²) >= 11 is 0. The van der Waals surface area contributed by atoms with E-state index in [0.29, 0.717) is 0 Å². The van der Waals surface area contributed by atoms with Crippen molar-refractivity contribution in [2.24, 2.45) is 0 Å². The zero-order chi connectivity index (χ0) is 10.2. The van der Waals surface area contributed by atoms with Gasteiger partial charge in [0.25, 0.3) is 0 Å². The molecule has 0 amide bonds. The van der Waals surface area contributed by atoms with E-state index in [-0.39, 0.29) is 17.0 Å². The molecule has 0 atom stereocenters. The van der Waals surface area contributed by atoms with E-state index >= 15 is 0 Å². The van der Waals surface area contributed by atoms with Crippen LogP contribution in [-0.4, -0.2) is 42.7 Å². The molecule has 0 aromatic heterocycles. The predicted octanol–water partition coefficient (Wildman–Crippen LogP) is -1.64. The maximum Gasteiger partial charge on any atom is 0.327 e. The van der Waals surface area contributed by atoms with Crippen molar-refractivity contribution in [1.82, 2.24) is 0 Å². The lowest BCUT2D eigenvalue weighted by Gasteiger charge is -2.25. The average molecular weight is 254 g/mol. The fourth-order valence-corrected chi connectivity index (χ4v) is 0.224. The van der Waals surface area contributed by atoms with Crippen LogP contribution >= 0.6 is 0 Å². The van der Waals surface area contributed by atoms with Crippen LogP contribution in [0.3, 0.4) is 0 Å². The Hall–Kier alpha value is -0.350. The van der Waals surface area contributed by atoms with Gasteiger partial charge in [0.2, 0.25) is 0 Å². The molecule has 0 heterocycles. The zero-order valence-corrected chi connectivity index (χ0v) is 10.5. The number of aliphatic carboxylic acids is 1. The molecule has 0 saturated carbocycles. The van der Waals surface area contributed by atoms with Gasteiger partial charge in [0.15, 0.2) is 0 Å². The van der Waals surface area contributed by atoms with Crippen LogP contribution in [0.15, 0.2) is 12.7 Å². The lowest BCUT2D eigenvalue weighted by Crippen LogP contribution is -3.00. The first-order chi connectivity index (χ1) is 5.39. The highest BCUT2D eigenvalue weighted by Gasteiger charge is 2.04. The molecule has 0 aliphatic heterocycles. The molecule has 4 heteroatoms. The summed E-state index contributed by atoms with van der Waals surface area (Å²) < 4.78 is 1.14. The fraction of sp³-hybridized carbons (Fsp3) is 0.667. The first-order valence-electron chi connectivity index (χ1n) is 4.07. The van der Waals surface area contributed by atoms with Crippen molar-refractivity contribution in [3.8, 4) is 0 Å². The first kappa shape index (κ1) is 18.4. The van der Waals surface area contributed by atoms with Gasteiger partial charge in [-0.1, -0.05) is 6.58 Å². The van der Waals surface area contributed by atoms with Crippen LogP contribution in [0.4, 0.5) is 0 Å². The SMILES string of the molecule is C=CC(=O)O.CC[N+](C)(C)CC.[Br-]. The summed E-state index contributed by atoms with van der Waals surface area (Å²) in [5.74, 6) is -0.981. The summed E-state index contributed by atoms with van der Waals surface area (Å²) in [5, 5.41) is 7.60. The van der Waals surface area contributed by atoms with Gasteiger partial charge in [-0.2, -0.15) is 0 Å². The van der Waals surface area contributed by atoms with Gasteiger partial charge in [0.05, 0.1) is 27.2 Å². The van der Waals surface area contributed by atoms with Gasteiger partial charge >= 0.3 is 5.97 Å². The molecule has 0 rings (SSSR count). The lowest BCUT2D eigenvalue weighted by molar-refractivity contribution is -0.886. The number of rotatable bonds is 3. The quantitative estimate of drug-likeness (QED) is 0.485. The Labute approximate surface area is 91.4 Å².